The molecular weight excluding hydrogens is 304 g/mol. The maximum atomic E-state index is 12.1. The summed E-state index contributed by atoms with van der Waals surface area (Å²) in [4.78, 5) is -0.0267. The lowest BCUT2D eigenvalue weighted by atomic mass is 10.4. The first-order valence-corrected chi connectivity index (χ1v) is 8.36. The molecule has 0 aliphatic rings. The highest BCUT2D eigenvalue weighted by atomic mass is 32.2. The van der Waals surface area contributed by atoms with Crippen molar-refractivity contribution in [3.05, 3.63) is 24.3 Å². The molecule has 7 nitrogen and oxygen atoms in total. The molecule has 20 heavy (non-hydrogen) atoms. The standard InChI is InChI=1S/C10H15NO4S2.CH5NO/c1-3-11(4-2)17(14,15)10-7-5-6-9(8-10)16(12)13;1-2-3/h5-8H,3-4H2,1-2H3,(H,12,13);2-3H,1H3/p-1. The van der Waals surface area contributed by atoms with Crippen LogP contribution in [-0.4, -0.2) is 46.8 Å². The van der Waals surface area contributed by atoms with Crippen LogP contribution in [0, 0.1) is 0 Å². The van der Waals surface area contributed by atoms with Gasteiger partial charge < -0.3 is 9.76 Å². The average molecular weight is 323 g/mol. The average Bonchev–Trinajstić information content (AvgIpc) is 2.41. The van der Waals surface area contributed by atoms with Gasteiger partial charge in [0.15, 0.2) is 0 Å². The summed E-state index contributed by atoms with van der Waals surface area (Å²) in [5.74, 6) is 0. The molecule has 0 fully saturated rings. The zero-order valence-corrected chi connectivity index (χ0v) is 13.2. The normalized spacial score (nSPS) is 12.7. The number of nitrogens with one attached hydrogen (secondary N) is 1. The van der Waals surface area contributed by atoms with Gasteiger partial charge in [0.25, 0.3) is 0 Å². The van der Waals surface area contributed by atoms with E-state index in [0.717, 1.165) is 6.07 Å². The summed E-state index contributed by atoms with van der Waals surface area (Å²) in [6.07, 6.45) is 0. The molecule has 0 heterocycles. The summed E-state index contributed by atoms with van der Waals surface area (Å²) in [6, 6.07) is 5.33. The predicted octanol–water partition coefficient (Wildman–Crippen LogP) is 0.550. The Bertz CT molecular complexity index is 529. The largest absolute Gasteiger partial charge is 0.768 e. The Labute approximate surface area is 121 Å². The monoisotopic (exact) mass is 323 g/mol. The first-order chi connectivity index (χ1) is 9.34. The molecule has 0 aliphatic heterocycles. The van der Waals surface area contributed by atoms with Crippen LogP contribution in [0.25, 0.3) is 0 Å². The number of nitrogens with zero attached hydrogens (tertiary/aromatic N) is 1. The first-order valence-electron chi connectivity index (χ1n) is 5.85. The zero-order valence-electron chi connectivity index (χ0n) is 11.6. The minimum Gasteiger partial charge on any atom is -0.768 e. The van der Waals surface area contributed by atoms with Gasteiger partial charge in [-0.05, 0) is 29.3 Å². The number of hydrogen-bond acceptors (Lipinski definition) is 6. The smallest absolute Gasteiger partial charge is 0.243 e. The fourth-order valence-electron chi connectivity index (χ4n) is 1.45. The molecule has 0 aliphatic carbocycles. The van der Waals surface area contributed by atoms with Gasteiger partial charge in [0.2, 0.25) is 10.0 Å². The molecule has 0 aromatic heterocycles. The molecule has 1 aromatic carbocycles. The SMILES string of the molecule is CCN(CC)S(=O)(=O)c1cccc(S(=O)[O-])c1.CNO. The van der Waals surface area contributed by atoms with Crippen LogP contribution in [0.1, 0.15) is 13.8 Å². The fraction of sp³-hybridized carbons (Fsp3) is 0.455. The van der Waals surface area contributed by atoms with Crippen molar-refractivity contribution in [3.63, 3.8) is 0 Å². The molecule has 1 atom stereocenters. The van der Waals surface area contributed by atoms with Gasteiger partial charge in [0.05, 0.1) is 4.90 Å². The van der Waals surface area contributed by atoms with E-state index in [1.54, 1.807) is 19.3 Å². The Balaban J connectivity index is 0.00000110. The highest BCUT2D eigenvalue weighted by molar-refractivity contribution is 7.89. The third kappa shape index (κ3) is 5.27. The number of rotatable bonds is 5. The van der Waals surface area contributed by atoms with Gasteiger partial charge >= 0.3 is 0 Å². The van der Waals surface area contributed by atoms with Crippen molar-refractivity contribution in [2.75, 3.05) is 20.1 Å². The highest BCUT2D eigenvalue weighted by Crippen LogP contribution is 2.18. The molecule has 2 N–H and O–H groups in total. The van der Waals surface area contributed by atoms with Gasteiger partial charge in [-0.15, -0.1) is 0 Å². The molecule has 0 amide bonds. The van der Waals surface area contributed by atoms with E-state index in [0.29, 0.717) is 13.1 Å². The lowest BCUT2D eigenvalue weighted by Gasteiger charge is -2.19. The Hall–Kier alpha value is -0.840. The second-order valence-electron chi connectivity index (χ2n) is 3.52. The summed E-state index contributed by atoms with van der Waals surface area (Å²) in [5, 5.41) is 7.32. The molecule has 1 unspecified atom stereocenters. The third-order valence-electron chi connectivity index (χ3n) is 2.34. The van der Waals surface area contributed by atoms with Crippen LogP contribution >= 0.6 is 0 Å². The van der Waals surface area contributed by atoms with Gasteiger partial charge in [-0.1, -0.05) is 19.9 Å². The second-order valence-corrected chi connectivity index (χ2v) is 6.40. The van der Waals surface area contributed by atoms with Crippen LogP contribution in [0.5, 0.6) is 0 Å². The van der Waals surface area contributed by atoms with E-state index in [9.17, 15) is 17.2 Å². The van der Waals surface area contributed by atoms with Crippen molar-refractivity contribution in [2.45, 2.75) is 23.6 Å². The van der Waals surface area contributed by atoms with Gasteiger partial charge in [-0.2, -0.15) is 4.31 Å². The summed E-state index contributed by atoms with van der Waals surface area (Å²) in [7, 11) is -2.17. The molecule has 0 spiro atoms. The van der Waals surface area contributed by atoms with E-state index in [1.807, 2.05) is 0 Å². The minimum absolute atomic E-state index is 0.00269. The summed E-state index contributed by atoms with van der Waals surface area (Å²) in [6.45, 7) is 4.17. The quantitative estimate of drug-likeness (QED) is 0.605. The van der Waals surface area contributed by atoms with Crippen molar-refractivity contribution in [2.24, 2.45) is 0 Å². The molecule has 0 saturated carbocycles. The number of sulfonamides is 1. The molecule has 1 aromatic rings. The Kier molecular flexibility index (Phi) is 8.78. The predicted molar refractivity (Wildman–Crippen MR) is 74.6 cm³/mol. The molecular formula is C11H19N2O5S2-. The van der Waals surface area contributed by atoms with Crippen molar-refractivity contribution in [3.8, 4) is 0 Å². The van der Waals surface area contributed by atoms with Crippen LogP contribution in [-0.2, 0) is 21.1 Å². The van der Waals surface area contributed by atoms with E-state index in [4.69, 9.17) is 5.21 Å². The van der Waals surface area contributed by atoms with E-state index < -0.39 is 21.1 Å². The van der Waals surface area contributed by atoms with Crippen LogP contribution in [0.2, 0.25) is 0 Å². The van der Waals surface area contributed by atoms with E-state index in [2.05, 4.69) is 0 Å². The van der Waals surface area contributed by atoms with Crippen molar-refractivity contribution in [1.82, 2.24) is 9.79 Å². The van der Waals surface area contributed by atoms with Crippen molar-refractivity contribution >= 4 is 21.1 Å². The van der Waals surface area contributed by atoms with Gasteiger partial charge in [0.1, 0.15) is 0 Å². The Morgan fingerprint density at radius 1 is 1.35 bits per heavy atom. The van der Waals surface area contributed by atoms with Crippen LogP contribution in [0.3, 0.4) is 0 Å². The van der Waals surface area contributed by atoms with E-state index in [-0.39, 0.29) is 9.79 Å². The molecule has 116 valence electrons. The minimum atomic E-state index is -3.60. The number of benzene rings is 1. The van der Waals surface area contributed by atoms with Gasteiger partial charge in [-0.3, -0.25) is 4.21 Å². The molecule has 0 radical (unpaired) electrons. The molecule has 1 rings (SSSR count). The van der Waals surface area contributed by atoms with E-state index in [1.165, 1.54) is 29.6 Å². The summed E-state index contributed by atoms with van der Waals surface area (Å²) >= 11 is -2.42. The van der Waals surface area contributed by atoms with Crippen LogP contribution in [0.15, 0.2) is 34.1 Å². The van der Waals surface area contributed by atoms with Crippen LogP contribution in [0.4, 0.5) is 0 Å². The van der Waals surface area contributed by atoms with Crippen molar-refractivity contribution in [1.29, 1.82) is 0 Å². The highest BCUT2D eigenvalue weighted by Gasteiger charge is 2.21. The van der Waals surface area contributed by atoms with Crippen molar-refractivity contribution < 1.29 is 22.4 Å². The fourth-order valence-corrected chi connectivity index (χ4v) is 3.44. The number of hydrogen-bond donors (Lipinski definition) is 2. The van der Waals surface area contributed by atoms with Gasteiger partial charge in [-0.25, -0.2) is 13.9 Å². The second kappa shape index (κ2) is 9.16. The zero-order chi connectivity index (χ0) is 15.8. The summed E-state index contributed by atoms with van der Waals surface area (Å²) < 4.78 is 47.0. The maximum absolute atomic E-state index is 12.1. The lowest BCUT2D eigenvalue weighted by Crippen LogP contribution is -2.30. The van der Waals surface area contributed by atoms with E-state index >= 15 is 0 Å². The molecule has 9 heteroatoms. The van der Waals surface area contributed by atoms with Crippen LogP contribution < -0.4 is 5.48 Å². The molecule has 0 bridgehead atoms. The maximum Gasteiger partial charge on any atom is 0.243 e. The Morgan fingerprint density at radius 3 is 2.25 bits per heavy atom. The topological polar surface area (TPSA) is 110 Å². The first kappa shape index (κ1) is 19.2. The summed E-state index contributed by atoms with van der Waals surface area (Å²) in [5.41, 5.74) is 1.75. The Morgan fingerprint density at radius 2 is 1.85 bits per heavy atom. The third-order valence-corrected chi connectivity index (χ3v) is 5.03. The number of hydroxylamine groups is 1. The molecule has 0 saturated heterocycles. The lowest BCUT2D eigenvalue weighted by molar-refractivity contribution is 0.194. The van der Waals surface area contributed by atoms with Gasteiger partial charge in [0, 0.05) is 25.0 Å².